The second-order valence-electron chi connectivity index (χ2n) is 7.38. The Morgan fingerprint density at radius 3 is 2.03 bits per heavy atom. The zero-order valence-corrected chi connectivity index (χ0v) is 19.0. The molecular formula is C24H31NO5S. The van der Waals surface area contributed by atoms with Crippen LogP contribution in [-0.2, 0) is 19.4 Å². The Morgan fingerprint density at radius 2 is 1.48 bits per heavy atom. The number of hydrogen-bond donors (Lipinski definition) is 1. The van der Waals surface area contributed by atoms with Gasteiger partial charge in [-0.1, -0.05) is 49.3 Å². The molecule has 0 aliphatic heterocycles. The van der Waals surface area contributed by atoms with Crippen molar-refractivity contribution in [2.24, 2.45) is 0 Å². The minimum absolute atomic E-state index is 0.129. The van der Waals surface area contributed by atoms with Gasteiger partial charge in [-0.05, 0) is 48.2 Å². The molecule has 6 nitrogen and oxygen atoms in total. The highest BCUT2D eigenvalue weighted by Gasteiger charge is 2.13. The van der Waals surface area contributed by atoms with E-state index < -0.39 is 9.84 Å². The molecule has 2 rings (SSSR count). The molecule has 0 aliphatic rings. The van der Waals surface area contributed by atoms with Crippen LogP contribution in [0.3, 0.4) is 0 Å². The fraction of sp³-hybridized carbons (Fsp3) is 0.375. The lowest BCUT2D eigenvalue weighted by atomic mass is 10.1. The first kappa shape index (κ1) is 24.6. The number of benzene rings is 2. The molecule has 0 saturated heterocycles. The average Bonchev–Trinajstić information content (AvgIpc) is 2.78. The summed E-state index contributed by atoms with van der Waals surface area (Å²) < 4.78 is 29.5. The third kappa shape index (κ3) is 8.19. The van der Waals surface area contributed by atoms with Crippen molar-refractivity contribution in [1.29, 1.82) is 0 Å². The molecule has 0 radical (unpaired) electrons. The molecule has 0 bridgehead atoms. The lowest BCUT2D eigenvalue weighted by Gasteiger charge is -2.17. The maximum atomic E-state index is 12.4. The Labute approximate surface area is 185 Å². The summed E-state index contributed by atoms with van der Waals surface area (Å²) in [4.78, 5) is 13.5. The van der Waals surface area contributed by atoms with E-state index in [1.807, 2.05) is 48.4 Å². The molecule has 0 fully saturated rings. The van der Waals surface area contributed by atoms with E-state index in [9.17, 15) is 13.2 Å². The first-order chi connectivity index (χ1) is 14.9. The summed E-state index contributed by atoms with van der Waals surface area (Å²) in [6.07, 6.45) is 6.85. The van der Waals surface area contributed by atoms with Crippen molar-refractivity contribution in [2.45, 2.75) is 30.6 Å². The Hall–Kier alpha value is -2.64. The van der Waals surface area contributed by atoms with Crippen LogP contribution in [0.1, 0.15) is 36.8 Å². The maximum Gasteiger partial charge on any atom is 0.325 e. The Kier molecular flexibility index (Phi) is 9.75. The van der Waals surface area contributed by atoms with E-state index in [1.54, 1.807) is 24.3 Å². The lowest BCUT2D eigenvalue weighted by molar-refractivity contribution is -0.138. The van der Waals surface area contributed by atoms with E-state index in [0.29, 0.717) is 17.7 Å². The molecule has 7 heteroatoms. The number of rotatable bonds is 12. The zero-order valence-electron chi connectivity index (χ0n) is 18.2. The molecule has 0 aromatic heterocycles. The molecule has 2 aromatic rings. The maximum absolute atomic E-state index is 12.4. The number of nitrogens with zero attached hydrogens (tertiary/aromatic N) is 1. The van der Waals surface area contributed by atoms with E-state index in [1.165, 1.54) is 7.11 Å². The Balaban J connectivity index is 1.94. The number of carbonyl (C=O) groups excluding carboxylic acids is 1. The molecule has 168 valence electrons. The van der Waals surface area contributed by atoms with Crippen LogP contribution in [-0.4, -0.2) is 52.6 Å². The van der Waals surface area contributed by atoms with Crippen LogP contribution in [0.2, 0.25) is 0 Å². The summed E-state index contributed by atoms with van der Waals surface area (Å²) in [5.74, 6) is -0.164. The summed E-state index contributed by atoms with van der Waals surface area (Å²) >= 11 is 0. The number of methoxy groups -OCH3 is 1. The molecule has 0 atom stereocenters. The average molecular weight is 446 g/mol. The number of hydrogen-bond acceptors (Lipinski definition) is 6. The molecule has 0 amide bonds. The van der Waals surface area contributed by atoms with Crippen molar-refractivity contribution in [2.75, 3.05) is 38.0 Å². The fourth-order valence-corrected chi connectivity index (χ4v) is 4.41. The number of anilines is 1. The SMILES string of the molecule is COC(=O)CN(C)c1ccc(C=Cc2ccc(S(=O)(=O)CCCCCCO)cc2)cc1. The van der Waals surface area contributed by atoms with Gasteiger partial charge in [-0.25, -0.2) is 8.42 Å². The lowest BCUT2D eigenvalue weighted by Crippen LogP contribution is -2.26. The summed E-state index contributed by atoms with van der Waals surface area (Å²) in [5.41, 5.74) is 2.82. The fourth-order valence-electron chi connectivity index (χ4n) is 3.04. The van der Waals surface area contributed by atoms with E-state index in [-0.39, 0.29) is 24.9 Å². The van der Waals surface area contributed by atoms with Gasteiger partial charge in [0, 0.05) is 19.3 Å². The molecule has 0 spiro atoms. The molecule has 0 saturated carbocycles. The largest absolute Gasteiger partial charge is 0.468 e. The number of unbranched alkanes of at least 4 members (excludes halogenated alkanes) is 3. The van der Waals surface area contributed by atoms with Crippen molar-refractivity contribution >= 4 is 33.6 Å². The van der Waals surface area contributed by atoms with Crippen molar-refractivity contribution < 1.29 is 23.1 Å². The third-order valence-electron chi connectivity index (χ3n) is 4.96. The second kappa shape index (κ2) is 12.3. The first-order valence-electron chi connectivity index (χ1n) is 10.4. The van der Waals surface area contributed by atoms with Gasteiger partial charge in [-0.3, -0.25) is 4.79 Å². The zero-order chi connectivity index (χ0) is 22.7. The van der Waals surface area contributed by atoms with Gasteiger partial charge < -0.3 is 14.7 Å². The topological polar surface area (TPSA) is 83.9 Å². The standard InChI is InChI=1S/C24H31NO5S/c1-25(19-24(27)30-2)22-13-9-20(10-14-22)7-8-21-11-15-23(16-12-21)31(28,29)18-6-4-3-5-17-26/h7-16,26H,3-6,17-19H2,1-2H3. The summed E-state index contributed by atoms with van der Waals surface area (Å²) in [6, 6.07) is 14.7. The normalized spacial score (nSPS) is 11.6. The van der Waals surface area contributed by atoms with Crippen LogP contribution >= 0.6 is 0 Å². The van der Waals surface area contributed by atoms with Crippen molar-refractivity contribution in [1.82, 2.24) is 0 Å². The van der Waals surface area contributed by atoms with Crippen LogP contribution in [0.4, 0.5) is 5.69 Å². The van der Waals surface area contributed by atoms with Crippen LogP contribution in [0.15, 0.2) is 53.4 Å². The Bertz CT molecular complexity index is 950. The van der Waals surface area contributed by atoms with Gasteiger partial charge in [0.15, 0.2) is 9.84 Å². The highest BCUT2D eigenvalue weighted by molar-refractivity contribution is 7.91. The number of ether oxygens (including phenoxy) is 1. The van der Waals surface area contributed by atoms with Crippen molar-refractivity contribution in [3.63, 3.8) is 0 Å². The number of sulfone groups is 1. The molecule has 0 aliphatic carbocycles. The van der Waals surface area contributed by atoms with Crippen molar-refractivity contribution in [3.05, 3.63) is 59.7 Å². The summed E-state index contributed by atoms with van der Waals surface area (Å²) in [6.45, 7) is 0.335. The second-order valence-corrected chi connectivity index (χ2v) is 9.49. The predicted octanol–water partition coefficient (Wildman–Crippen LogP) is 3.79. The van der Waals surface area contributed by atoms with Crippen LogP contribution in [0.25, 0.3) is 12.2 Å². The predicted molar refractivity (Wildman–Crippen MR) is 125 cm³/mol. The van der Waals surface area contributed by atoms with Crippen LogP contribution in [0, 0.1) is 0 Å². The first-order valence-corrected chi connectivity index (χ1v) is 12.0. The van der Waals surface area contributed by atoms with E-state index in [0.717, 1.165) is 29.7 Å². The van der Waals surface area contributed by atoms with E-state index in [4.69, 9.17) is 5.11 Å². The quantitative estimate of drug-likeness (QED) is 0.304. The molecule has 0 heterocycles. The number of aliphatic hydroxyl groups excluding tert-OH is 1. The minimum Gasteiger partial charge on any atom is -0.468 e. The monoisotopic (exact) mass is 445 g/mol. The highest BCUT2D eigenvalue weighted by Crippen LogP contribution is 2.18. The van der Waals surface area contributed by atoms with E-state index >= 15 is 0 Å². The summed E-state index contributed by atoms with van der Waals surface area (Å²) in [7, 11) is -0.0851. The Morgan fingerprint density at radius 1 is 0.935 bits per heavy atom. The van der Waals surface area contributed by atoms with Gasteiger partial charge in [0.1, 0.15) is 6.54 Å². The van der Waals surface area contributed by atoms with Gasteiger partial charge in [0.25, 0.3) is 0 Å². The number of likely N-dealkylation sites (N-methyl/N-ethyl adjacent to an activating group) is 1. The smallest absolute Gasteiger partial charge is 0.325 e. The molecule has 0 unspecified atom stereocenters. The van der Waals surface area contributed by atoms with Crippen molar-refractivity contribution in [3.8, 4) is 0 Å². The van der Waals surface area contributed by atoms with Crippen LogP contribution in [0.5, 0.6) is 0 Å². The number of carbonyl (C=O) groups is 1. The molecule has 31 heavy (non-hydrogen) atoms. The van der Waals surface area contributed by atoms with Gasteiger partial charge in [0.05, 0.1) is 17.8 Å². The summed E-state index contributed by atoms with van der Waals surface area (Å²) in [5, 5.41) is 8.78. The molecule has 1 N–H and O–H groups in total. The number of esters is 1. The molecular weight excluding hydrogens is 414 g/mol. The van der Waals surface area contributed by atoms with Gasteiger partial charge in [-0.2, -0.15) is 0 Å². The van der Waals surface area contributed by atoms with E-state index in [2.05, 4.69) is 4.74 Å². The third-order valence-corrected chi connectivity index (χ3v) is 6.77. The highest BCUT2D eigenvalue weighted by atomic mass is 32.2. The van der Waals surface area contributed by atoms with Gasteiger partial charge >= 0.3 is 5.97 Å². The number of aliphatic hydroxyl groups is 1. The van der Waals surface area contributed by atoms with Gasteiger partial charge in [0.2, 0.25) is 0 Å². The minimum atomic E-state index is -3.28. The molecule has 2 aromatic carbocycles. The van der Waals surface area contributed by atoms with Crippen LogP contribution < -0.4 is 4.90 Å². The van der Waals surface area contributed by atoms with Gasteiger partial charge in [-0.15, -0.1) is 0 Å².